The van der Waals surface area contributed by atoms with Gasteiger partial charge in [-0.1, -0.05) is 252 Å². The Bertz CT molecular complexity index is 783. The SMILES string of the molecule is CCCCCCCCCCCCCCCCCCC(CCCCCCCCCCCCCCC)c1[nH]cc[n+]1C(C)CCCCCCCCCC. The van der Waals surface area contributed by atoms with E-state index in [0.717, 1.165) is 0 Å². The summed E-state index contributed by atoms with van der Waals surface area (Å²) in [5, 5.41) is 0. The Hall–Kier alpha value is -0.790. The van der Waals surface area contributed by atoms with Crippen molar-refractivity contribution in [3.05, 3.63) is 18.2 Å². The van der Waals surface area contributed by atoms with E-state index in [1.807, 2.05) is 0 Å². The molecule has 0 radical (unpaired) electrons. The summed E-state index contributed by atoms with van der Waals surface area (Å²) in [7, 11) is 0. The Balaban J connectivity index is 2.35. The van der Waals surface area contributed by atoms with Gasteiger partial charge < -0.3 is 0 Å². The summed E-state index contributed by atoms with van der Waals surface area (Å²) in [6, 6.07) is 0.617. The number of rotatable bonds is 42. The molecule has 2 unspecified atom stereocenters. The van der Waals surface area contributed by atoms with Crippen LogP contribution in [-0.2, 0) is 0 Å². The zero-order valence-electron chi connectivity index (χ0n) is 36.0. The average Bonchev–Trinajstić information content (AvgIpc) is 3.63. The van der Waals surface area contributed by atoms with Gasteiger partial charge in [-0.25, -0.2) is 9.55 Å². The maximum absolute atomic E-state index is 3.78. The van der Waals surface area contributed by atoms with Gasteiger partial charge in [0.2, 0.25) is 0 Å². The minimum atomic E-state index is 0.617. The third kappa shape index (κ3) is 30.3. The number of H-pyrrole nitrogens is 1. The lowest BCUT2D eigenvalue weighted by atomic mass is 9.92. The summed E-state index contributed by atoms with van der Waals surface area (Å²) < 4.78 is 2.65. The van der Waals surface area contributed by atoms with Crippen molar-refractivity contribution in [3.8, 4) is 0 Å². The Kier molecular flexibility index (Phi) is 36.8. The number of unbranched alkanes of at least 4 members (excludes halogenated alkanes) is 34. The molecule has 1 aromatic heterocycles. The molecule has 2 nitrogen and oxygen atoms in total. The molecule has 0 saturated carbocycles. The third-order valence-corrected chi connectivity index (χ3v) is 12.1. The summed E-state index contributed by atoms with van der Waals surface area (Å²) in [6.07, 6.45) is 62.1. The van der Waals surface area contributed by atoms with E-state index in [4.69, 9.17) is 0 Å². The summed E-state index contributed by atoms with van der Waals surface area (Å²) >= 11 is 0. The second-order valence-electron chi connectivity index (χ2n) is 17.2. The van der Waals surface area contributed by atoms with Crippen LogP contribution in [0.5, 0.6) is 0 Å². The number of hydrogen-bond donors (Lipinski definition) is 1. The van der Waals surface area contributed by atoms with Crippen LogP contribution < -0.4 is 4.57 Å². The molecule has 0 aliphatic heterocycles. The Labute approximate surface area is 323 Å². The summed E-state index contributed by atoms with van der Waals surface area (Å²) in [6.45, 7) is 9.43. The quantitative estimate of drug-likeness (QED) is 0.0514. The Morgan fingerprint density at radius 1 is 0.373 bits per heavy atom. The number of nitrogens with one attached hydrogen (secondary N) is 1. The van der Waals surface area contributed by atoms with Crippen molar-refractivity contribution in [2.45, 2.75) is 296 Å². The van der Waals surface area contributed by atoms with Crippen molar-refractivity contribution in [2.24, 2.45) is 0 Å². The van der Waals surface area contributed by atoms with Crippen LogP contribution in [0.15, 0.2) is 12.4 Å². The normalized spacial score (nSPS) is 12.9. The molecule has 0 bridgehead atoms. The highest BCUT2D eigenvalue weighted by atomic mass is 15.1. The number of aromatic nitrogens is 2. The maximum atomic E-state index is 3.78. The van der Waals surface area contributed by atoms with Gasteiger partial charge in [-0.05, 0) is 32.6 Å². The Morgan fingerprint density at radius 2 is 0.627 bits per heavy atom. The van der Waals surface area contributed by atoms with E-state index in [0.29, 0.717) is 12.0 Å². The fourth-order valence-corrected chi connectivity index (χ4v) is 8.55. The molecule has 51 heavy (non-hydrogen) atoms. The monoisotopic (exact) mass is 714 g/mol. The van der Waals surface area contributed by atoms with E-state index >= 15 is 0 Å². The van der Waals surface area contributed by atoms with Crippen LogP contribution >= 0.6 is 0 Å². The van der Waals surface area contributed by atoms with E-state index in [1.165, 1.54) is 257 Å². The maximum Gasteiger partial charge on any atom is 0.257 e. The number of hydrogen-bond acceptors (Lipinski definition) is 0. The van der Waals surface area contributed by atoms with Gasteiger partial charge in [0.05, 0.1) is 12.0 Å². The van der Waals surface area contributed by atoms with Gasteiger partial charge in [-0.3, -0.25) is 0 Å². The number of imidazole rings is 1. The van der Waals surface area contributed by atoms with Crippen molar-refractivity contribution < 1.29 is 4.57 Å². The molecule has 2 atom stereocenters. The van der Waals surface area contributed by atoms with E-state index in [2.05, 4.69) is 49.6 Å². The highest BCUT2D eigenvalue weighted by Crippen LogP contribution is 2.28. The van der Waals surface area contributed by atoms with Gasteiger partial charge in [-0.2, -0.15) is 0 Å². The van der Waals surface area contributed by atoms with E-state index < -0.39 is 0 Å². The van der Waals surface area contributed by atoms with Crippen molar-refractivity contribution in [1.82, 2.24) is 4.98 Å². The van der Waals surface area contributed by atoms with Gasteiger partial charge in [-0.15, -0.1) is 0 Å². The van der Waals surface area contributed by atoms with Crippen LogP contribution in [0.3, 0.4) is 0 Å². The van der Waals surface area contributed by atoms with Crippen LogP contribution in [0.1, 0.15) is 302 Å². The van der Waals surface area contributed by atoms with E-state index in [1.54, 1.807) is 5.82 Å². The highest BCUT2D eigenvalue weighted by molar-refractivity contribution is 4.90. The van der Waals surface area contributed by atoms with Gasteiger partial charge in [0.25, 0.3) is 5.82 Å². The molecule has 1 heterocycles. The van der Waals surface area contributed by atoms with Gasteiger partial charge in [0.1, 0.15) is 12.4 Å². The molecular weight excluding hydrogens is 617 g/mol. The van der Waals surface area contributed by atoms with Crippen molar-refractivity contribution in [2.75, 3.05) is 0 Å². The predicted octanol–water partition coefficient (Wildman–Crippen LogP) is 17.6. The minimum Gasteiger partial charge on any atom is -0.247 e. The van der Waals surface area contributed by atoms with Crippen LogP contribution in [-0.4, -0.2) is 4.98 Å². The molecule has 1 N–H and O–H groups in total. The highest BCUT2D eigenvalue weighted by Gasteiger charge is 2.25. The molecule has 1 rings (SSSR count). The van der Waals surface area contributed by atoms with Crippen molar-refractivity contribution in [1.29, 1.82) is 0 Å². The topological polar surface area (TPSA) is 19.7 Å². The molecule has 2 heteroatoms. The zero-order chi connectivity index (χ0) is 36.7. The van der Waals surface area contributed by atoms with Crippen LogP contribution in [0.4, 0.5) is 0 Å². The summed E-state index contributed by atoms with van der Waals surface area (Å²) in [4.78, 5) is 3.78. The molecule has 0 aliphatic carbocycles. The summed E-state index contributed by atoms with van der Waals surface area (Å²) in [5.41, 5.74) is 0. The predicted molar refractivity (Wildman–Crippen MR) is 230 cm³/mol. The molecule has 0 aliphatic rings. The molecule has 0 saturated heterocycles. The van der Waals surface area contributed by atoms with E-state index in [-0.39, 0.29) is 0 Å². The largest absolute Gasteiger partial charge is 0.257 e. The molecule has 302 valence electrons. The fraction of sp³-hybridized carbons (Fsp3) is 0.939. The van der Waals surface area contributed by atoms with Crippen molar-refractivity contribution in [3.63, 3.8) is 0 Å². The first kappa shape index (κ1) is 48.2. The fourth-order valence-electron chi connectivity index (χ4n) is 8.55. The lowest BCUT2D eigenvalue weighted by Crippen LogP contribution is -2.41. The summed E-state index contributed by atoms with van der Waals surface area (Å²) in [5.74, 6) is 2.25. The molecule has 0 amide bonds. The minimum absolute atomic E-state index is 0.617. The lowest BCUT2D eigenvalue weighted by molar-refractivity contribution is -0.727. The number of aromatic amines is 1. The first-order chi connectivity index (χ1) is 25.2. The smallest absolute Gasteiger partial charge is 0.247 e. The van der Waals surface area contributed by atoms with Crippen LogP contribution in [0.25, 0.3) is 0 Å². The van der Waals surface area contributed by atoms with E-state index in [9.17, 15) is 0 Å². The van der Waals surface area contributed by atoms with Gasteiger partial charge >= 0.3 is 0 Å². The molecule has 0 aromatic carbocycles. The van der Waals surface area contributed by atoms with Crippen molar-refractivity contribution >= 4 is 0 Å². The van der Waals surface area contributed by atoms with Gasteiger partial charge in [0.15, 0.2) is 0 Å². The number of nitrogens with zero attached hydrogens (tertiary/aromatic N) is 1. The average molecular weight is 714 g/mol. The zero-order valence-corrected chi connectivity index (χ0v) is 36.0. The molecular formula is C49H97N2+. The Morgan fingerprint density at radius 3 is 0.922 bits per heavy atom. The first-order valence-electron chi connectivity index (χ1n) is 24.3. The first-order valence-corrected chi connectivity index (χ1v) is 24.3. The second-order valence-corrected chi connectivity index (χ2v) is 17.2. The molecule has 1 aromatic rings. The lowest BCUT2D eigenvalue weighted by Gasteiger charge is -2.17. The molecule has 0 fully saturated rings. The van der Waals surface area contributed by atoms with Gasteiger partial charge in [0, 0.05) is 0 Å². The third-order valence-electron chi connectivity index (χ3n) is 12.1. The standard InChI is InChI=1S/C49H96N2/c1-5-8-11-14-17-20-22-24-25-26-28-30-32-35-38-41-44-48(43-40-37-34-31-29-27-23-21-18-15-12-9-6-2)49-50-45-46-51(49)47(4)42-39-36-33-19-16-13-10-7-3/h45-48H,5-44H2,1-4H3/p+1. The molecule has 0 spiro atoms. The van der Waals surface area contributed by atoms with Crippen LogP contribution in [0, 0.1) is 0 Å². The van der Waals surface area contributed by atoms with Crippen LogP contribution in [0.2, 0.25) is 0 Å². The second kappa shape index (κ2) is 38.9.